The lowest BCUT2D eigenvalue weighted by Crippen LogP contribution is -2.35. The van der Waals surface area contributed by atoms with Gasteiger partial charge in [-0.15, -0.1) is 0 Å². The maximum absolute atomic E-state index is 12.4. The predicted octanol–water partition coefficient (Wildman–Crippen LogP) is 3.54. The summed E-state index contributed by atoms with van der Waals surface area (Å²) in [5.41, 5.74) is 1.02. The fourth-order valence-electron chi connectivity index (χ4n) is 2.98. The summed E-state index contributed by atoms with van der Waals surface area (Å²) in [6.45, 7) is 3.53. The van der Waals surface area contributed by atoms with Gasteiger partial charge in [0, 0.05) is 16.6 Å². The van der Waals surface area contributed by atoms with E-state index in [4.69, 9.17) is 9.47 Å². The minimum absolute atomic E-state index is 0.349. The normalized spacial score (nSPS) is 11.4. The van der Waals surface area contributed by atoms with E-state index in [0.717, 1.165) is 10.8 Å². The van der Waals surface area contributed by atoms with Gasteiger partial charge in [-0.05, 0) is 49.6 Å². The Morgan fingerprint density at radius 2 is 1.65 bits per heavy atom. The lowest BCUT2D eigenvalue weighted by atomic mass is 10.1. The highest BCUT2D eigenvalue weighted by atomic mass is 16.5. The Morgan fingerprint density at radius 1 is 0.935 bits per heavy atom. The largest absolute Gasteiger partial charge is 0.494 e. The second kappa shape index (κ2) is 10.2. The number of carbonyl (C=O) groups excluding carboxylic acids is 3. The molecular formula is C24H24N2O5. The molecule has 2 amide bonds. The number of fused-ring (bicyclic) bond motifs is 1. The van der Waals surface area contributed by atoms with Crippen LogP contribution in [0.3, 0.4) is 0 Å². The third-order valence-electron chi connectivity index (χ3n) is 4.55. The van der Waals surface area contributed by atoms with Crippen LogP contribution in [-0.4, -0.2) is 37.0 Å². The first kappa shape index (κ1) is 21.8. The van der Waals surface area contributed by atoms with E-state index in [1.165, 1.54) is 6.92 Å². The number of rotatable bonds is 8. The highest BCUT2D eigenvalue weighted by Gasteiger charge is 2.19. The van der Waals surface area contributed by atoms with Crippen molar-refractivity contribution in [1.82, 2.24) is 5.32 Å². The first-order valence-electron chi connectivity index (χ1n) is 9.97. The Hall–Kier alpha value is -3.87. The second-order valence-corrected chi connectivity index (χ2v) is 6.79. The van der Waals surface area contributed by atoms with Crippen molar-refractivity contribution in [3.63, 3.8) is 0 Å². The van der Waals surface area contributed by atoms with Gasteiger partial charge in [-0.25, -0.2) is 0 Å². The van der Waals surface area contributed by atoms with E-state index in [1.54, 1.807) is 30.3 Å². The zero-order valence-electron chi connectivity index (χ0n) is 17.4. The first-order chi connectivity index (χ1) is 15.0. The maximum atomic E-state index is 12.4. The van der Waals surface area contributed by atoms with Crippen LogP contribution >= 0.6 is 0 Å². The van der Waals surface area contributed by atoms with Crippen molar-refractivity contribution < 1.29 is 23.9 Å². The molecule has 0 heterocycles. The van der Waals surface area contributed by atoms with E-state index in [2.05, 4.69) is 10.6 Å². The molecule has 1 unspecified atom stereocenters. The van der Waals surface area contributed by atoms with E-state index in [1.807, 2.05) is 43.3 Å². The third-order valence-corrected chi connectivity index (χ3v) is 4.55. The number of benzene rings is 3. The van der Waals surface area contributed by atoms with Crippen LogP contribution in [-0.2, 0) is 14.3 Å². The molecule has 0 aliphatic heterocycles. The van der Waals surface area contributed by atoms with Gasteiger partial charge in [0.05, 0.1) is 6.61 Å². The predicted molar refractivity (Wildman–Crippen MR) is 118 cm³/mol. The Bertz CT molecular complexity index is 1070. The second-order valence-electron chi connectivity index (χ2n) is 6.79. The molecule has 0 saturated heterocycles. The molecule has 0 spiro atoms. The van der Waals surface area contributed by atoms with Crippen LogP contribution in [0.1, 0.15) is 24.2 Å². The van der Waals surface area contributed by atoms with E-state index < -0.39 is 23.9 Å². The van der Waals surface area contributed by atoms with E-state index >= 15 is 0 Å². The van der Waals surface area contributed by atoms with E-state index in [9.17, 15) is 14.4 Å². The number of hydrogen-bond donors (Lipinski definition) is 2. The van der Waals surface area contributed by atoms with E-state index in [-0.39, 0.29) is 6.54 Å². The molecule has 160 valence electrons. The fraction of sp³-hybridized carbons (Fsp3) is 0.208. The number of anilines is 1. The Morgan fingerprint density at radius 3 is 2.39 bits per heavy atom. The number of ether oxygens (including phenoxy) is 2. The average molecular weight is 420 g/mol. The summed E-state index contributed by atoms with van der Waals surface area (Å²) in [7, 11) is 0. The molecule has 3 aromatic rings. The molecule has 31 heavy (non-hydrogen) atoms. The molecule has 0 fully saturated rings. The molecule has 0 aromatic heterocycles. The Kier molecular flexibility index (Phi) is 7.22. The summed E-state index contributed by atoms with van der Waals surface area (Å²) >= 11 is 0. The Labute approximate surface area is 180 Å². The average Bonchev–Trinajstić information content (AvgIpc) is 2.78. The van der Waals surface area contributed by atoms with Crippen molar-refractivity contribution in [3.05, 3.63) is 72.3 Å². The molecule has 7 nitrogen and oxygen atoms in total. The SMILES string of the molecule is CCOc1ccc(C(=O)NCC(=O)OC(C)C(=O)Nc2cccc3ccccc23)cc1. The van der Waals surface area contributed by atoms with Crippen LogP contribution in [0.5, 0.6) is 5.75 Å². The third kappa shape index (κ3) is 5.82. The van der Waals surface area contributed by atoms with Crippen LogP contribution in [0.4, 0.5) is 5.69 Å². The Balaban J connectivity index is 1.50. The minimum Gasteiger partial charge on any atom is -0.494 e. The first-order valence-corrected chi connectivity index (χ1v) is 9.97. The number of carbonyl (C=O) groups is 3. The van der Waals surface area contributed by atoms with Gasteiger partial charge in [0.25, 0.3) is 11.8 Å². The summed E-state index contributed by atoms with van der Waals surface area (Å²) in [6, 6.07) is 19.8. The van der Waals surface area contributed by atoms with Crippen molar-refractivity contribution in [3.8, 4) is 5.75 Å². The summed E-state index contributed by atoms with van der Waals surface area (Å²) in [5.74, 6) is -0.931. The van der Waals surface area contributed by atoms with Gasteiger partial charge in [-0.3, -0.25) is 14.4 Å². The van der Waals surface area contributed by atoms with Gasteiger partial charge in [0.1, 0.15) is 12.3 Å². The molecule has 0 aliphatic rings. The molecule has 2 N–H and O–H groups in total. The molecule has 0 saturated carbocycles. The molecule has 7 heteroatoms. The van der Waals surface area contributed by atoms with Crippen molar-refractivity contribution >= 4 is 34.2 Å². The van der Waals surface area contributed by atoms with Gasteiger partial charge >= 0.3 is 5.97 Å². The lowest BCUT2D eigenvalue weighted by Gasteiger charge is -2.15. The summed E-state index contributed by atoms with van der Waals surface area (Å²) in [6.07, 6.45) is -1.02. The van der Waals surface area contributed by atoms with Crippen LogP contribution in [0, 0.1) is 0 Å². The molecular weight excluding hydrogens is 396 g/mol. The van der Waals surface area contributed by atoms with Crippen molar-refractivity contribution in [2.75, 3.05) is 18.5 Å². The van der Waals surface area contributed by atoms with Gasteiger partial charge in [0.2, 0.25) is 0 Å². The lowest BCUT2D eigenvalue weighted by molar-refractivity contribution is -0.152. The molecule has 0 bridgehead atoms. The fourth-order valence-corrected chi connectivity index (χ4v) is 2.98. The smallest absolute Gasteiger partial charge is 0.326 e. The minimum atomic E-state index is -1.02. The van der Waals surface area contributed by atoms with Crippen LogP contribution < -0.4 is 15.4 Å². The zero-order valence-corrected chi connectivity index (χ0v) is 17.4. The van der Waals surface area contributed by atoms with Crippen LogP contribution in [0.25, 0.3) is 10.8 Å². The molecule has 1 atom stereocenters. The van der Waals surface area contributed by atoms with Crippen LogP contribution in [0.15, 0.2) is 66.7 Å². The monoisotopic (exact) mass is 420 g/mol. The number of esters is 1. The molecule has 3 aromatic carbocycles. The number of nitrogens with one attached hydrogen (secondary N) is 2. The van der Waals surface area contributed by atoms with E-state index in [0.29, 0.717) is 23.6 Å². The topological polar surface area (TPSA) is 93.7 Å². The highest BCUT2D eigenvalue weighted by Crippen LogP contribution is 2.23. The van der Waals surface area contributed by atoms with Gasteiger partial charge in [-0.1, -0.05) is 36.4 Å². The van der Waals surface area contributed by atoms with Crippen LogP contribution in [0.2, 0.25) is 0 Å². The van der Waals surface area contributed by atoms with Crippen molar-refractivity contribution in [1.29, 1.82) is 0 Å². The molecule has 3 rings (SSSR count). The van der Waals surface area contributed by atoms with Gasteiger partial charge in [0.15, 0.2) is 6.10 Å². The number of hydrogen-bond acceptors (Lipinski definition) is 5. The quantitative estimate of drug-likeness (QED) is 0.544. The highest BCUT2D eigenvalue weighted by molar-refractivity contribution is 6.04. The van der Waals surface area contributed by atoms with Crippen molar-refractivity contribution in [2.45, 2.75) is 20.0 Å². The summed E-state index contributed by atoms with van der Waals surface area (Å²) < 4.78 is 10.5. The summed E-state index contributed by atoms with van der Waals surface area (Å²) in [5, 5.41) is 7.14. The van der Waals surface area contributed by atoms with Gasteiger partial charge < -0.3 is 20.1 Å². The van der Waals surface area contributed by atoms with Gasteiger partial charge in [-0.2, -0.15) is 0 Å². The number of amides is 2. The molecule has 0 radical (unpaired) electrons. The maximum Gasteiger partial charge on any atom is 0.326 e. The standard InChI is InChI=1S/C24H24N2O5/c1-3-30-19-13-11-18(12-14-19)24(29)25-15-22(27)31-16(2)23(28)26-21-10-6-8-17-7-4-5-9-20(17)21/h4-14,16H,3,15H2,1-2H3,(H,25,29)(H,26,28). The summed E-state index contributed by atoms with van der Waals surface area (Å²) in [4.78, 5) is 36.7. The molecule has 0 aliphatic carbocycles. The van der Waals surface area contributed by atoms with Crippen molar-refractivity contribution in [2.24, 2.45) is 0 Å². The zero-order chi connectivity index (χ0) is 22.2.